The van der Waals surface area contributed by atoms with Crippen LogP contribution >= 0.6 is 0 Å². The van der Waals surface area contributed by atoms with Gasteiger partial charge in [-0.25, -0.2) is 4.39 Å². The highest BCUT2D eigenvalue weighted by Crippen LogP contribution is 2.12. The van der Waals surface area contributed by atoms with Crippen LogP contribution in [0.1, 0.15) is 28.8 Å². The van der Waals surface area contributed by atoms with Gasteiger partial charge in [0, 0.05) is 12.6 Å². The second-order valence-corrected chi connectivity index (χ2v) is 4.45. The Morgan fingerprint density at radius 2 is 2.35 bits per heavy atom. The van der Waals surface area contributed by atoms with Crippen molar-refractivity contribution in [1.82, 2.24) is 10.6 Å². The van der Waals surface area contributed by atoms with Crippen molar-refractivity contribution >= 4 is 5.91 Å². The summed E-state index contributed by atoms with van der Waals surface area (Å²) in [5.41, 5.74) is 0.634. The Morgan fingerprint density at radius 1 is 1.53 bits per heavy atom. The molecule has 1 fully saturated rings. The lowest BCUT2D eigenvalue weighted by Gasteiger charge is -2.23. The third-order valence-electron chi connectivity index (χ3n) is 3.07. The van der Waals surface area contributed by atoms with Gasteiger partial charge in [-0.3, -0.25) is 4.79 Å². The van der Waals surface area contributed by atoms with E-state index in [0.717, 1.165) is 25.9 Å². The number of nitrogens with one attached hydrogen (secondary N) is 2. The predicted octanol–water partition coefficient (Wildman–Crippen LogP) is 1.62. The van der Waals surface area contributed by atoms with Crippen LogP contribution in [0.2, 0.25) is 0 Å². The molecule has 1 aliphatic rings. The van der Waals surface area contributed by atoms with Crippen LogP contribution in [0.15, 0.2) is 18.2 Å². The van der Waals surface area contributed by atoms with Crippen LogP contribution in [0, 0.1) is 12.7 Å². The van der Waals surface area contributed by atoms with Crippen molar-refractivity contribution in [1.29, 1.82) is 0 Å². The normalized spacial score (nSPS) is 20.0. The summed E-state index contributed by atoms with van der Waals surface area (Å²) >= 11 is 0. The zero-order chi connectivity index (χ0) is 12.3. The molecule has 0 saturated carbocycles. The summed E-state index contributed by atoms with van der Waals surface area (Å²) in [6, 6.07) is 4.99. The fraction of sp³-hybridized carbons (Fsp3) is 0.462. The molecule has 0 unspecified atom stereocenters. The number of hydrogen-bond donors (Lipinski definition) is 2. The monoisotopic (exact) mass is 236 g/mol. The molecule has 1 saturated heterocycles. The molecule has 0 bridgehead atoms. The van der Waals surface area contributed by atoms with Crippen molar-refractivity contribution in [2.45, 2.75) is 25.8 Å². The Labute approximate surface area is 100 Å². The Morgan fingerprint density at radius 3 is 3.06 bits per heavy atom. The third kappa shape index (κ3) is 2.82. The zero-order valence-corrected chi connectivity index (χ0v) is 9.92. The third-order valence-corrected chi connectivity index (χ3v) is 3.07. The van der Waals surface area contributed by atoms with E-state index in [0.29, 0.717) is 5.56 Å². The van der Waals surface area contributed by atoms with Crippen molar-refractivity contribution in [2.24, 2.45) is 0 Å². The summed E-state index contributed by atoms with van der Waals surface area (Å²) in [6.07, 6.45) is 1.99. The maximum atomic E-state index is 13.7. The van der Waals surface area contributed by atoms with Gasteiger partial charge >= 0.3 is 0 Å². The van der Waals surface area contributed by atoms with E-state index in [-0.39, 0.29) is 17.5 Å². The lowest BCUT2D eigenvalue weighted by molar-refractivity contribution is 0.0926. The van der Waals surface area contributed by atoms with Gasteiger partial charge in [-0.05, 0) is 37.9 Å². The summed E-state index contributed by atoms with van der Waals surface area (Å²) in [5, 5.41) is 6.07. The standard InChI is InChI=1S/C13H17FN2O/c1-9-4-2-6-11(12(9)14)13(17)16-10-5-3-7-15-8-10/h2,4,6,10,15H,3,5,7-8H2,1H3,(H,16,17)/t10-/m1/s1. The van der Waals surface area contributed by atoms with E-state index in [4.69, 9.17) is 0 Å². The van der Waals surface area contributed by atoms with Crippen molar-refractivity contribution < 1.29 is 9.18 Å². The first-order valence-electron chi connectivity index (χ1n) is 5.95. The van der Waals surface area contributed by atoms with Gasteiger partial charge < -0.3 is 10.6 Å². The summed E-state index contributed by atoms with van der Waals surface area (Å²) in [5.74, 6) is -0.742. The molecule has 0 radical (unpaired) electrons. The first-order chi connectivity index (χ1) is 8.18. The molecule has 17 heavy (non-hydrogen) atoms. The number of hydrogen-bond acceptors (Lipinski definition) is 2. The summed E-state index contributed by atoms with van der Waals surface area (Å²) in [4.78, 5) is 11.9. The SMILES string of the molecule is Cc1cccc(C(=O)N[C@@H]2CCCNC2)c1F. The van der Waals surface area contributed by atoms with Gasteiger partial charge in [0.2, 0.25) is 0 Å². The van der Waals surface area contributed by atoms with E-state index < -0.39 is 5.82 Å². The Bertz CT molecular complexity index is 414. The molecule has 4 heteroatoms. The van der Waals surface area contributed by atoms with Crippen LogP contribution in [-0.4, -0.2) is 25.0 Å². The molecule has 92 valence electrons. The molecular formula is C13H17FN2O. The topological polar surface area (TPSA) is 41.1 Å². The van der Waals surface area contributed by atoms with E-state index in [2.05, 4.69) is 10.6 Å². The molecule has 1 aliphatic heterocycles. The highest BCUT2D eigenvalue weighted by Gasteiger charge is 2.18. The summed E-state index contributed by atoms with van der Waals surface area (Å²) in [6.45, 7) is 3.42. The number of halogens is 1. The van der Waals surface area contributed by atoms with Crippen LogP contribution in [0.25, 0.3) is 0 Å². The number of carbonyl (C=O) groups is 1. The van der Waals surface area contributed by atoms with Crippen LogP contribution in [0.4, 0.5) is 4.39 Å². The molecule has 1 aromatic rings. The van der Waals surface area contributed by atoms with E-state index in [1.165, 1.54) is 6.07 Å². The van der Waals surface area contributed by atoms with Crippen molar-refractivity contribution in [2.75, 3.05) is 13.1 Å². The number of rotatable bonds is 2. The molecule has 1 heterocycles. The smallest absolute Gasteiger partial charge is 0.254 e. The van der Waals surface area contributed by atoms with E-state index >= 15 is 0 Å². The molecule has 2 N–H and O–H groups in total. The highest BCUT2D eigenvalue weighted by molar-refractivity contribution is 5.94. The minimum absolute atomic E-state index is 0.108. The average molecular weight is 236 g/mol. The second-order valence-electron chi connectivity index (χ2n) is 4.45. The van der Waals surface area contributed by atoms with Crippen LogP contribution in [-0.2, 0) is 0 Å². The lowest BCUT2D eigenvalue weighted by Crippen LogP contribution is -2.45. The summed E-state index contributed by atoms with van der Waals surface area (Å²) < 4.78 is 13.7. The quantitative estimate of drug-likeness (QED) is 0.819. The van der Waals surface area contributed by atoms with Gasteiger partial charge in [-0.2, -0.15) is 0 Å². The Balaban J connectivity index is 2.06. The fourth-order valence-corrected chi connectivity index (χ4v) is 2.06. The second kappa shape index (κ2) is 5.27. The molecule has 0 aliphatic carbocycles. The average Bonchev–Trinajstić information content (AvgIpc) is 2.34. The fourth-order valence-electron chi connectivity index (χ4n) is 2.06. The van der Waals surface area contributed by atoms with Crippen LogP contribution < -0.4 is 10.6 Å². The molecule has 1 aromatic carbocycles. The first kappa shape index (κ1) is 12.0. The van der Waals surface area contributed by atoms with E-state index in [1.54, 1.807) is 19.1 Å². The van der Waals surface area contributed by atoms with Crippen LogP contribution in [0.5, 0.6) is 0 Å². The highest BCUT2D eigenvalue weighted by atomic mass is 19.1. The minimum Gasteiger partial charge on any atom is -0.348 e. The number of amides is 1. The summed E-state index contributed by atoms with van der Waals surface area (Å²) in [7, 11) is 0. The first-order valence-corrected chi connectivity index (χ1v) is 5.95. The molecule has 0 aromatic heterocycles. The van der Waals surface area contributed by atoms with Gasteiger partial charge in [0.1, 0.15) is 5.82 Å². The van der Waals surface area contributed by atoms with Crippen molar-refractivity contribution in [3.05, 3.63) is 35.1 Å². The molecule has 3 nitrogen and oxygen atoms in total. The van der Waals surface area contributed by atoms with Crippen molar-refractivity contribution in [3.63, 3.8) is 0 Å². The lowest BCUT2D eigenvalue weighted by atomic mass is 10.1. The van der Waals surface area contributed by atoms with Gasteiger partial charge in [-0.1, -0.05) is 12.1 Å². The molecule has 2 rings (SSSR count). The van der Waals surface area contributed by atoms with Gasteiger partial charge in [0.25, 0.3) is 5.91 Å². The number of carbonyl (C=O) groups excluding carboxylic acids is 1. The van der Waals surface area contributed by atoms with Gasteiger partial charge in [0.05, 0.1) is 5.56 Å². The van der Waals surface area contributed by atoms with Gasteiger partial charge in [-0.15, -0.1) is 0 Å². The Kier molecular flexibility index (Phi) is 3.74. The Hall–Kier alpha value is -1.42. The number of piperidine rings is 1. The zero-order valence-electron chi connectivity index (χ0n) is 9.92. The van der Waals surface area contributed by atoms with E-state index in [9.17, 15) is 9.18 Å². The number of benzene rings is 1. The predicted molar refractivity (Wildman–Crippen MR) is 64.5 cm³/mol. The number of aryl methyl sites for hydroxylation is 1. The molecule has 1 amide bonds. The molecule has 0 spiro atoms. The maximum Gasteiger partial charge on any atom is 0.254 e. The molecule has 1 atom stereocenters. The maximum absolute atomic E-state index is 13.7. The minimum atomic E-state index is -0.422. The van der Waals surface area contributed by atoms with E-state index in [1.807, 2.05) is 0 Å². The van der Waals surface area contributed by atoms with Gasteiger partial charge in [0.15, 0.2) is 0 Å². The largest absolute Gasteiger partial charge is 0.348 e. The van der Waals surface area contributed by atoms with Crippen LogP contribution in [0.3, 0.4) is 0 Å². The van der Waals surface area contributed by atoms with Crippen molar-refractivity contribution in [3.8, 4) is 0 Å². The molecular weight excluding hydrogens is 219 g/mol.